The summed E-state index contributed by atoms with van der Waals surface area (Å²) in [5, 5.41) is 0. The molecule has 5 N–H and O–H groups in total. The van der Waals surface area contributed by atoms with Crippen molar-refractivity contribution in [1.29, 1.82) is 0 Å². The number of nitrogen functional groups attached to an aromatic ring is 1. The number of nitrogens with zero attached hydrogens (tertiary/aromatic N) is 1. The Morgan fingerprint density at radius 2 is 1.76 bits per heavy atom. The van der Waals surface area contributed by atoms with Crippen LogP contribution in [0.5, 0.6) is 0 Å². The van der Waals surface area contributed by atoms with Crippen LogP contribution in [-0.4, -0.2) is 4.98 Å². The molecule has 0 amide bonds. The molecule has 1 atom stereocenters. The second-order valence-corrected chi connectivity index (χ2v) is 5.99. The van der Waals surface area contributed by atoms with Crippen molar-refractivity contribution in [3.63, 3.8) is 0 Å². The van der Waals surface area contributed by atoms with Crippen LogP contribution in [0, 0.1) is 5.82 Å². The summed E-state index contributed by atoms with van der Waals surface area (Å²) >= 11 is 0. The SMILES string of the molecule is Nc1cc(C(Cc2ccccc2F)c2ccccc2)c2c(n1)NNN2. The number of halogens is 1. The van der Waals surface area contributed by atoms with E-state index in [1.54, 1.807) is 6.07 Å². The molecule has 1 aromatic heterocycles. The highest BCUT2D eigenvalue weighted by molar-refractivity contribution is 5.75. The Labute approximate surface area is 145 Å². The third kappa shape index (κ3) is 2.99. The third-order valence-corrected chi connectivity index (χ3v) is 4.40. The summed E-state index contributed by atoms with van der Waals surface area (Å²) in [6.45, 7) is 0. The molecule has 126 valence electrons. The van der Waals surface area contributed by atoms with Crippen molar-refractivity contribution in [3.05, 3.63) is 83.2 Å². The van der Waals surface area contributed by atoms with Gasteiger partial charge in [-0.15, -0.1) is 5.53 Å². The van der Waals surface area contributed by atoms with E-state index in [4.69, 9.17) is 5.73 Å². The Kier molecular flexibility index (Phi) is 3.95. The second kappa shape index (κ2) is 6.41. The van der Waals surface area contributed by atoms with Gasteiger partial charge in [-0.3, -0.25) is 5.43 Å². The van der Waals surface area contributed by atoms with Crippen LogP contribution >= 0.6 is 0 Å². The minimum Gasteiger partial charge on any atom is -0.384 e. The van der Waals surface area contributed by atoms with Gasteiger partial charge in [0.1, 0.15) is 11.6 Å². The van der Waals surface area contributed by atoms with Crippen molar-refractivity contribution in [2.24, 2.45) is 0 Å². The molecule has 2 heterocycles. The molecule has 5 nitrogen and oxygen atoms in total. The zero-order chi connectivity index (χ0) is 17.2. The number of nitrogens with two attached hydrogens (primary N) is 1. The zero-order valence-electron chi connectivity index (χ0n) is 13.5. The monoisotopic (exact) mass is 335 g/mol. The molecule has 6 heteroatoms. The fourth-order valence-electron chi connectivity index (χ4n) is 3.21. The van der Waals surface area contributed by atoms with Crippen LogP contribution in [0.4, 0.5) is 21.7 Å². The number of nitrogens with one attached hydrogen (secondary N) is 3. The Balaban J connectivity index is 1.83. The van der Waals surface area contributed by atoms with Gasteiger partial charge in [0.25, 0.3) is 0 Å². The zero-order valence-corrected chi connectivity index (χ0v) is 13.5. The highest BCUT2D eigenvalue weighted by Gasteiger charge is 2.25. The fraction of sp³-hybridized carbons (Fsp3) is 0.105. The van der Waals surface area contributed by atoms with Gasteiger partial charge < -0.3 is 11.2 Å². The molecule has 0 fully saturated rings. The summed E-state index contributed by atoms with van der Waals surface area (Å²) in [4.78, 5) is 4.28. The van der Waals surface area contributed by atoms with E-state index in [0.717, 1.165) is 16.8 Å². The Morgan fingerprint density at radius 1 is 1.00 bits per heavy atom. The van der Waals surface area contributed by atoms with Crippen molar-refractivity contribution in [1.82, 2.24) is 10.5 Å². The molecule has 25 heavy (non-hydrogen) atoms. The molecule has 2 aromatic carbocycles. The smallest absolute Gasteiger partial charge is 0.169 e. The number of rotatable bonds is 4. The molecular formula is C19H18FN5. The van der Waals surface area contributed by atoms with Gasteiger partial charge in [-0.25, -0.2) is 9.37 Å². The summed E-state index contributed by atoms with van der Waals surface area (Å²) in [5.41, 5.74) is 18.4. The van der Waals surface area contributed by atoms with E-state index in [1.165, 1.54) is 6.07 Å². The molecule has 4 rings (SSSR count). The Hall–Kier alpha value is -3.12. The third-order valence-electron chi connectivity index (χ3n) is 4.40. The minimum absolute atomic E-state index is 0.0636. The van der Waals surface area contributed by atoms with Gasteiger partial charge in [0.15, 0.2) is 5.82 Å². The first kappa shape index (κ1) is 15.4. The molecule has 1 unspecified atom stereocenters. The van der Waals surface area contributed by atoms with E-state index in [-0.39, 0.29) is 11.7 Å². The van der Waals surface area contributed by atoms with Gasteiger partial charge in [0.2, 0.25) is 0 Å². The molecule has 3 aromatic rings. The van der Waals surface area contributed by atoms with E-state index in [1.807, 2.05) is 48.5 Å². The highest BCUT2D eigenvalue weighted by Crippen LogP contribution is 2.38. The Bertz CT molecular complexity index is 898. The average Bonchev–Trinajstić information content (AvgIpc) is 3.09. The van der Waals surface area contributed by atoms with E-state index >= 15 is 0 Å². The topological polar surface area (TPSA) is 75.0 Å². The number of hydrazine groups is 2. The highest BCUT2D eigenvalue weighted by atomic mass is 19.1. The van der Waals surface area contributed by atoms with Crippen molar-refractivity contribution < 1.29 is 4.39 Å². The summed E-state index contributed by atoms with van der Waals surface area (Å²) < 4.78 is 14.3. The van der Waals surface area contributed by atoms with Gasteiger partial charge in [0, 0.05) is 5.92 Å². The van der Waals surface area contributed by atoms with Crippen LogP contribution < -0.4 is 22.1 Å². The molecule has 0 radical (unpaired) electrons. The van der Waals surface area contributed by atoms with Gasteiger partial charge in [-0.2, -0.15) is 0 Å². The fourth-order valence-corrected chi connectivity index (χ4v) is 3.21. The lowest BCUT2D eigenvalue weighted by Crippen LogP contribution is -2.20. The van der Waals surface area contributed by atoms with Crippen molar-refractivity contribution in [2.75, 3.05) is 16.6 Å². The predicted octanol–water partition coefficient (Wildman–Crippen LogP) is 3.43. The number of anilines is 3. The number of pyridine rings is 1. The quantitative estimate of drug-likeness (QED) is 0.588. The van der Waals surface area contributed by atoms with Crippen molar-refractivity contribution >= 4 is 17.3 Å². The molecular weight excluding hydrogens is 317 g/mol. The maximum Gasteiger partial charge on any atom is 0.169 e. The average molecular weight is 335 g/mol. The van der Waals surface area contributed by atoms with Crippen LogP contribution in [0.15, 0.2) is 60.7 Å². The minimum atomic E-state index is -0.202. The number of hydrogen-bond donors (Lipinski definition) is 4. The second-order valence-electron chi connectivity index (χ2n) is 5.99. The molecule has 0 spiro atoms. The predicted molar refractivity (Wildman–Crippen MR) is 97.4 cm³/mol. The van der Waals surface area contributed by atoms with Crippen LogP contribution in [0.25, 0.3) is 0 Å². The van der Waals surface area contributed by atoms with E-state index in [9.17, 15) is 4.39 Å². The van der Waals surface area contributed by atoms with Gasteiger partial charge in [0.05, 0.1) is 5.69 Å². The van der Waals surface area contributed by atoms with Crippen molar-refractivity contribution in [2.45, 2.75) is 12.3 Å². The number of benzene rings is 2. The largest absolute Gasteiger partial charge is 0.384 e. The number of fused-ring (bicyclic) bond motifs is 1. The maximum absolute atomic E-state index is 14.3. The summed E-state index contributed by atoms with van der Waals surface area (Å²) in [7, 11) is 0. The van der Waals surface area contributed by atoms with E-state index in [0.29, 0.717) is 23.6 Å². The number of hydrogen-bond acceptors (Lipinski definition) is 5. The molecule has 0 saturated carbocycles. The van der Waals surface area contributed by atoms with E-state index < -0.39 is 0 Å². The Morgan fingerprint density at radius 3 is 2.56 bits per heavy atom. The first-order valence-electron chi connectivity index (χ1n) is 8.08. The van der Waals surface area contributed by atoms with Crippen LogP contribution in [0.2, 0.25) is 0 Å². The normalized spacial score (nSPS) is 13.6. The summed E-state index contributed by atoms with van der Waals surface area (Å²) in [6.07, 6.45) is 0.522. The lowest BCUT2D eigenvalue weighted by atomic mass is 9.85. The number of aromatic nitrogens is 1. The van der Waals surface area contributed by atoms with E-state index in [2.05, 4.69) is 21.4 Å². The van der Waals surface area contributed by atoms with Gasteiger partial charge >= 0.3 is 0 Å². The van der Waals surface area contributed by atoms with Crippen LogP contribution in [0.3, 0.4) is 0 Å². The first-order chi connectivity index (χ1) is 12.2. The maximum atomic E-state index is 14.3. The lowest BCUT2D eigenvalue weighted by molar-refractivity contribution is 0.602. The summed E-state index contributed by atoms with van der Waals surface area (Å²) in [6, 6.07) is 18.7. The van der Waals surface area contributed by atoms with Gasteiger partial charge in [-0.1, -0.05) is 48.5 Å². The molecule has 0 aliphatic carbocycles. The first-order valence-corrected chi connectivity index (χ1v) is 8.08. The molecule has 0 bridgehead atoms. The standard InChI is InChI=1S/C19H18FN5/c20-16-9-5-4-8-13(16)10-14(12-6-2-1-3-7-12)15-11-17(21)22-19-18(15)23-25-24-19/h1-9,11,14,23,25H,10H2,(H3,21,22,24). The van der Waals surface area contributed by atoms with Crippen molar-refractivity contribution in [3.8, 4) is 0 Å². The van der Waals surface area contributed by atoms with Crippen LogP contribution in [-0.2, 0) is 6.42 Å². The molecule has 1 aliphatic rings. The lowest BCUT2D eigenvalue weighted by Gasteiger charge is -2.21. The summed E-state index contributed by atoms with van der Waals surface area (Å²) in [5.74, 6) is 0.795. The molecule has 0 saturated heterocycles. The van der Waals surface area contributed by atoms with Gasteiger partial charge in [-0.05, 0) is 35.2 Å². The molecule has 1 aliphatic heterocycles. The van der Waals surface area contributed by atoms with Crippen LogP contribution in [0.1, 0.15) is 22.6 Å².